The molecule has 0 aliphatic carbocycles. The van der Waals surface area contributed by atoms with Crippen LogP contribution in [0.15, 0.2) is 6.20 Å². The van der Waals surface area contributed by atoms with Gasteiger partial charge in [0.25, 0.3) is 0 Å². The quantitative estimate of drug-likeness (QED) is 0.466. The first-order valence-corrected chi connectivity index (χ1v) is 15.6. The molecule has 3 N–H and O–H groups in total. The van der Waals surface area contributed by atoms with Crippen molar-refractivity contribution in [3.05, 3.63) is 27.5 Å². The van der Waals surface area contributed by atoms with Crippen LogP contribution in [0.3, 0.4) is 0 Å². The number of rotatable bonds is 5. The molecule has 4 aliphatic heterocycles. The Bertz CT molecular complexity index is 1240. The van der Waals surface area contributed by atoms with Crippen molar-refractivity contribution in [2.45, 2.75) is 95.8 Å². The summed E-state index contributed by atoms with van der Waals surface area (Å²) >= 11 is 1.65. The maximum absolute atomic E-state index is 13.8. The fourth-order valence-corrected chi connectivity index (χ4v) is 7.38. The monoisotopic (exact) mass is 586 g/mol. The Balaban J connectivity index is 1.43. The third kappa shape index (κ3) is 6.95. The van der Waals surface area contributed by atoms with Gasteiger partial charge in [-0.2, -0.15) is 0 Å². The van der Waals surface area contributed by atoms with Gasteiger partial charge >= 0.3 is 0 Å². The lowest BCUT2D eigenvalue weighted by Crippen LogP contribution is -2.59. The van der Waals surface area contributed by atoms with Crippen LogP contribution >= 0.6 is 11.3 Å². The maximum atomic E-state index is 13.8. The smallest absolute Gasteiger partial charge is 0.245 e. The zero-order valence-corrected chi connectivity index (χ0v) is 25.1. The van der Waals surface area contributed by atoms with Crippen LogP contribution in [0.2, 0.25) is 0 Å². The molecule has 3 amide bonds. The van der Waals surface area contributed by atoms with Gasteiger partial charge in [-0.15, -0.1) is 16.4 Å². The van der Waals surface area contributed by atoms with Gasteiger partial charge in [0.1, 0.15) is 6.04 Å². The molecule has 1 spiro atoms. The summed E-state index contributed by atoms with van der Waals surface area (Å²) in [5.41, 5.74) is 0.676. The third-order valence-electron chi connectivity index (χ3n) is 8.74. The molecular weight excluding hydrogens is 544 g/mol. The number of aliphatic hydroxyl groups excluding tert-OH is 1. The van der Waals surface area contributed by atoms with Crippen molar-refractivity contribution in [3.63, 3.8) is 0 Å². The van der Waals surface area contributed by atoms with Gasteiger partial charge in [0.05, 0.1) is 41.5 Å². The summed E-state index contributed by atoms with van der Waals surface area (Å²) in [6, 6.07) is -0.423. The number of nitrogens with zero attached hydrogens (tertiary/aromatic N) is 6. The van der Waals surface area contributed by atoms with Crippen molar-refractivity contribution < 1.29 is 19.5 Å². The van der Waals surface area contributed by atoms with Gasteiger partial charge in [0.2, 0.25) is 17.7 Å². The molecule has 0 saturated carbocycles. The molecule has 0 unspecified atom stereocenters. The normalized spacial score (nSPS) is 22.9. The number of amides is 3. The molecule has 2 aromatic heterocycles. The minimum atomic E-state index is -0.802. The second-order valence-electron chi connectivity index (χ2n) is 12.0. The van der Waals surface area contributed by atoms with Crippen LogP contribution in [0.4, 0.5) is 0 Å². The average Bonchev–Trinajstić information content (AvgIpc) is 3.53. The largest absolute Gasteiger partial charge is 0.394 e. The van der Waals surface area contributed by atoms with Gasteiger partial charge in [-0.3, -0.25) is 14.4 Å². The van der Waals surface area contributed by atoms with Crippen molar-refractivity contribution in [2.75, 3.05) is 32.8 Å². The third-order valence-corrected chi connectivity index (χ3v) is 9.92. The molecule has 4 aliphatic rings. The van der Waals surface area contributed by atoms with Crippen LogP contribution in [0.5, 0.6) is 0 Å². The molecule has 12 nitrogen and oxygen atoms in total. The van der Waals surface area contributed by atoms with Gasteiger partial charge in [0.15, 0.2) is 0 Å². The van der Waals surface area contributed by atoms with Crippen molar-refractivity contribution in [1.82, 2.24) is 40.4 Å². The lowest BCUT2D eigenvalue weighted by atomic mass is 9.83. The Morgan fingerprint density at radius 3 is 2.54 bits per heavy atom. The number of piperidine rings is 2. The van der Waals surface area contributed by atoms with E-state index in [0.29, 0.717) is 44.2 Å². The van der Waals surface area contributed by atoms with Crippen LogP contribution in [0.1, 0.15) is 73.1 Å². The summed E-state index contributed by atoms with van der Waals surface area (Å²) in [7, 11) is 0. The number of aromatic nitrogens is 4. The van der Waals surface area contributed by atoms with Crippen molar-refractivity contribution >= 4 is 29.1 Å². The van der Waals surface area contributed by atoms with E-state index in [1.165, 1.54) is 4.68 Å². The number of carbonyl (C=O) groups excluding carboxylic acids is 3. The molecule has 2 fully saturated rings. The predicted molar refractivity (Wildman–Crippen MR) is 153 cm³/mol. The standard InChI is InChI=1S/C28H42N8O4S/c1-18(2)34-10-6-28(7-11-34)16-25(39)29-23(14-21-17-36(12-13-37)33-32-21)27(40)35-8-4-20(5-9-35)26-30-22(19(3)41-26)15-24(38)31-28/h17-18,20,23,37H,4-16H2,1-3H3,(H,29,39)(H,31,38)/t23-/m1/s1. The summed E-state index contributed by atoms with van der Waals surface area (Å²) in [4.78, 5) is 51.0. The molecule has 0 aromatic carbocycles. The molecule has 6 rings (SSSR count). The van der Waals surface area contributed by atoms with Crippen LogP contribution < -0.4 is 10.6 Å². The summed E-state index contributed by atoms with van der Waals surface area (Å²) in [6.45, 7) is 9.27. The Morgan fingerprint density at radius 1 is 1.12 bits per heavy atom. The van der Waals surface area contributed by atoms with Crippen molar-refractivity contribution in [2.24, 2.45) is 0 Å². The first-order chi connectivity index (χ1) is 19.6. The van der Waals surface area contributed by atoms with Gasteiger partial charge in [0, 0.05) is 62.1 Å². The van der Waals surface area contributed by atoms with Crippen molar-refractivity contribution in [3.8, 4) is 0 Å². The Labute approximate surface area is 244 Å². The molecule has 224 valence electrons. The summed E-state index contributed by atoms with van der Waals surface area (Å²) < 4.78 is 1.53. The summed E-state index contributed by atoms with van der Waals surface area (Å²) in [5.74, 6) is -0.279. The van der Waals surface area contributed by atoms with Gasteiger partial charge in [-0.05, 0) is 46.5 Å². The van der Waals surface area contributed by atoms with Gasteiger partial charge < -0.3 is 25.5 Å². The zero-order valence-electron chi connectivity index (χ0n) is 24.3. The van der Waals surface area contributed by atoms with E-state index in [1.54, 1.807) is 17.5 Å². The highest BCUT2D eigenvalue weighted by Gasteiger charge is 2.40. The number of carbonyl (C=O) groups is 3. The number of nitrogens with one attached hydrogen (secondary N) is 2. The molecule has 2 aromatic rings. The zero-order chi connectivity index (χ0) is 29.1. The number of aliphatic hydroxyl groups is 1. The van der Waals surface area contributed by atoms with Crippen LogP contribution in [0, 0.1) is 6.92 Å². The fraction of sp³-hybridized carbons (Fsp3) is 0.714. The second-order valence-corrected chi connectivity index (χ2v) is 13.2. The first kappa shape index (κ1) is 29.6. The van der Waals surface area contributed by atoms with E-state index >= 15 is 0 Å². The van der Waals surface area contributed by atoms with E-state index in [4.69, 9.17) is 4.98 Å². The van der Waals surface area contributed by atoms with Crippen LogP contribution in [0.25, 0.3) is 0 Å². The maximum Gasteiger partial charge on any atom is 0.245 e. The molecule has 13 heteroatoms. The molecule has 1 atom stereocenters. The minimum absolute atomic E-state index is 0.0704. The average molecular weight is 587 g/mol. The SMILES string of the molecule is Cc1sc2nc1CC(=O)NC1(CCN(C(C)C)CC1)CC(=O)N[C@H](Cc1cn(CCO)nn1)C(=O)N1CCC2CC1. The summed E-state index contributed by atoms with van der Waals surface area (Å²) in [6.07, 6.45) is 5.05. The van der Waals surface area contributed by atoms with E-state index in [2.05, 4.69) is 39.7 Å². The minimum Gasteiger partial charge on any atom is -0.394 e. The molecule has 0 radical (unpaired) electrons. The Hall–Kier alpha value is -2.90. The first-order valence-electron chi connectivity index (χ1n) is 14.7. The number of fused-ring (bicyclic) bond motifs is 8. The Morgan fingerprint density at radius 2 is 1.85 bits per heavy atom. The van der Waals surface area contributed by atoms with E-state index in [9.17, 15) is 19.5 Å². The number of aryl methyl sites for hydroxylation is 1. The number of hydrogen-bond acceptors (Lipinski definition) is 9. The lowest BCUT2D eigenvalue weighted by Gasteiger charge is -2.43. The topological polar surface area (TPSA) is 146 Å². The van der Waals surface area contributed by atoms with Crippen molar-refractivity contribution in [1.29, 1.82) is 0 Å². The highest BCUT2D eigenvalue weighted by molar-refractivity contribution is 7.11. The summed E-state index contributed by atoms with van der Waals surface area (Å²) in [5, 5.41) is 24.8. The van der Waals surface area contributed by atoms with E-state index < -0.39 is 11.6 Å². The van der Waals surface area contributed by atoms with Gasteiger partial charge in [-0.25, -0.2) is 9.67 Å². The Kier molecular flexibility index (Phi) is 9.05. The van der Waals surface area contributed by atoms with Crippen LogP contribution in [-0.2, 0) is 33.8 Å². The van der Waals surface area contributed by atoms with Gasteiger partial charge in [-0.1, -0.05) is 5.21 Å². The predicted octanol–water partition coefficient (Wildman–Crippen LogP) is 0.774. The molecule has 2 saturated heterocycles. The lowest BCUT2D eigenvalue weighted by molar-refractivity contribution is -0.138. The highest BCUT2D eigenvalue weighted by Crippen LogP contribution is 2.34. The highest BCUT2D eigenvalue weighted by atomic mass is 32.1. The molecule has 4 bridgehead atoms. The number of hydrogen-bond donors (Lipinski definition) is 3. The van der Waals surface area contributed by atoms with E-state index in [-0.39, 0.29) is 49.5 Å². The fourth-order valence-electron chi connectivity index (χ4n) is 6.27. The second kappa shape index (κ2) is 12.5. The number of likely N-dealkylation sites (tertiary alicyclic amines) is 1. The molecular formula is C28H42N8O4S. The van der Waals surface area contributed by atoms with E-state index in [0.717, 1.165) is 41.5 Å². The molecule has 6 heterocycles. The number of thiazole rings is 1. The molecule has 41 heavy (non-hydrogen) atoms. The van der Waals surface area contributed by atoms with Crippen LogP contribution in [-0.4, -0.2) is 103 Å². The van der Waals surface area contributed by atoms with E-state index in [1.807, 2.05) is 11.8 Å².